The van der Waals surface area contributed by atoms with Gasteiger partial charge in [-0.1, -0.05) is 6.92 Å². The van der Waals surface area contributed by atoms with E-state index in [1.165, 1.54) is 15.6 Å². The molecule has 1 atom stereocenters. The van der Waals surface area contributed by atoms with E-state index in [4.69, 9.17) is 0 Å². The van der Waals surface area contributed by atoms with E-state index in [9.17, 15) is 19.7 Å². The molecule has 0 spiro atoms. The van der Waals surface area contributed by atoms with Crippen molar-refractivity contribution in [1.82, 2.24) is 30.4 Å². The highest BCUT2D eigenvalue weighted by Gasteiger charge is 2.19. The Balaban J connectivity index is 1.88. The van der Waals surface area contributed by atoms with Gasteiger partial charge in [0.25, 0.3) is 5.91 Å². The third-order valence-corrected chi connectivity index (χ3v) is 3.83. The van der Waals surface area contributed by atoms with E-state index in [2.05, 4.69) is 21.0 Å². The summed E-state index contributed by atoms with van der Waals surface area (Å²) in [6.45, 7) is 1.75. The van der Waals surface area contributed by atoms with E-state index in [0.29, 0.717) is 3.57 Å². The minimum atomic E-state index is -0.567. The van der Waals surface area contributed by atoms with Gasteiger partial charge in [0.15, 0.2) is 5.69 Å². The summed E-state index contributed by atoms with van der Waals surface area (Å²) in [5, 5.41) is 18.4. The van der Waals surface area contributed by atoms with Gasteiger partial charge < -0.3 is 0 Å². The summed E-state index contributed by atoms with van der Waals surface area (Å²) < 4.78 is 3.44. The summed E-state index contributed by atoms with van der Waals surface area (Å²) >= 11 is 1.97. The number of hydrogen-bond acceptors (Lipinski definition) is 6. The van der Waals surface area contributed by atoms with Crippen LogP contribution in [0.15, 0.2) is 18.6 Å². The second-order valence-corrected chi connectivity index (χ2v) is 6.18. The van der Waals surface area contributed by atoms with Crippen LogP contribution in [0.3, 0.4) is 0 Å². The third-order valence-electron chi connectivity index (χ3n) is 3.04. The fourth-order valence-corrected chi connectivity index (χ4v) is 2.58. The lowest BCUT2D eigenvalue weighted by Gasteiger charge is -2.12. The van der Waals surface area contributed by atoms with Crippen molar-refractivity contribution in [1.29, 1.82) is 0 Å². The maximum atomic E-state index is 12.0. The van der Waals surface area contributed by atoms with Crippen LogP contribution in [0.4, 0.5) is 5.69 Å². The van der Waals surface area contributed by atoms with Crippen molar-refractivity contribution in [2.75, 3.05) is 0 Å². The third kappa shape index (κ3) is 4.27. The van der Waals surface area contributed by atoms with Crippen LogP contribution in [0, 0.1) is 19.6 Å². The molecule has 0 aromatic carbocycles. The number of carbonyl (C=O) groups excluding carboxylic acids is 2. The first-order valence-electron chi connectivity index (χ1n) is 6.74. The Hall–Kier alpha value is -2.51. The highest BCUT2D eigenvalue weighted by Crippen LogP contribution is 2.10. The van der Waals surface area contributed by atoms with Gasteiger partial charge in [0.05, 0.1) is 21.0 Å². The van der Waals surface area contributed by atoms with Crippen LogP contribution in [0.5, 0.6) is 0 Å². The van der Waals surface area contributed by atoms with Gasteiger partial charge >= 0.3 is 5.69 Å². The normalized spacial score (nSPS) is 11.8. The predicted molar refractivity (Wildman–Crippen MR) is 89.6 cm³/mol. The molecule has 1 unspecified atom stereocenters. The number of carbonyl (C=O) groups is 2. The number of rotatable bonds is 5. The highest BCUT2D eigenvalue weighted by atomic mass is 127. The lowest BCUT2D eigenvalue weighted by Crippen LogP contribution is -2.45. The van der Waals surface area contributed by atoms with Gasteiger partial charge in [-0.25, -0.2) is 0 Å². The minimum Gasteiger partial charge on any atom is -0.274 e. The van der Waals surface area contributed by atoms with Gasteiger partial charge in [0.1, 0.15) is 12.4 Å². The van der Waals surface area contributed by atoms with E-state index in [0.717, 1.165) is 6.20 Å². The van der Waals surface area contributed by atoms with Crippen molar-refractivity contribution in [2.24, 2.45) is 13.0 Å². The van der Waals surface area contributed by atoms with Crippen LogP contribution >= 0.6 is 22.6 Å². The Morgan fingerprint density at radius 2 is 2.12 bits per heavy atom. The maximum absolute atomic E-state index is 12.0. The molecule has 24 heavy (non-hydrogen) atoms. The average molecular weight is 447 g/mol. The fourth-order valence-electron chi connectivity index (χ4n) is 1.82. The van der Waals surface area contributed by atoms with E-state index < -0.39 is 22.7 Å². The summed E-state index contributed by atoms with van der Waals surface area (Å²) in [6.07, 6.45) is 4.01. The molecule has 2 heterocycles. The van der Waals surface area contributed by atoms with Crippen LogP contribution in [0.1, 0.15) is 17.4 Å². The summed E-state index contributed by atoms with van der Waals surface area (Å²) in [5.41, 5.74) is 4.64. The maximum Gasteiger partial charge on any atom is 0.306 e. The van der Waals surface area contributed by atoms with Gasteiger partial charge in [-0.05, 0) is 22.6 Å². The summed E-state index contributed by atoms with van der Waals surface area (Å²) in [4.78, 5) is 34.0. The number of halogens is 1. The molecule has 0 aliphatic heterocycles. The molecular weight excluding hydrogens is 433 g/mol. The number of amides is 2. The van der Waals surface area contributed by atoms with Crippen LogP contribution < -0.4 is 10.9 Å². The molecule has 2 amide bonds. The van der Waals surface area contributed by atoms with Gasteiger partial charge in [-0.15, -0.1) is 0 Å². The minimum absolute atomic E-state index is 0.136. The van der Waals surface area contributed by atoms with Crippen LogP contribution in [-0.4, -0.2) is 36.3 Å². The summed E-state index contributed by atoms with van der Waals surface area (Å²) in [6, 6.07) is 0. The van der Waals surface area contributed by atoms with Gasteiger partial charge in [0, 0.05) is 13.2 Å². The van der Waals surface area contributed by atoms with Crippen LogP contribution in [0.25, 0.3) is 0 Å². The summed E-state index contributed by atoms with van der Waals surface area (Å²) in [7, 11) is 1.68. The van der Waals surface area contributed by atoms with Crippen molar-refractivity contribution in [3.63, 3.8) is 0 Å². The quantitative estimate of drug-likeness (QED) is 0.383. The van der Waals surface area contributed by atoms with Crippen molar-refractivity contribution >= 4 is 40.1 Å². The first-order chi connectivity index (χ1) is 11.3. The van der Waals surface area contributed by atoms with Crippen LogP contribution in [0.2, 0.25) is 0 Å². The SMILES string of the molecule is CC(Cn1cc([N+](=O)[O-])cn1)C(=O)NNC(=O)c1nn(C)cc1I. The van der Waals surface area contributed by atoms with E-state index >= 15 is 0 Å². The topological polar surface area (TPSA) is 137 Å². The Kier molecular flexibility index (Phi) is 5.48. The Labute approximate surface area is 149 Å². The van der Waals surface area contributed by atoms with Crippen LogP contribution in [-0.2, 0) is 18.4 Å². The molecule has 0 fully saturated rings. The molecule has 0 radical (unpaired) electrons. The Bertz CT molecular complexity index is 784. The molecule has 0 bridgehead atoms. The molecule has 0 aliphatic rings. The molecule has 0 aliphatic carbocycles. The second kappa shape index (κ2) is 7.37. The number of nitrogens with zero attached hydrogens (tertiary/aromatic N) is 5. The fraction of sp³-hybridized carbons (Fsp3) is 0.333. The number of hydrazine groups is 1. The van der Waals surface area contributed by atoms with Crippen molar-refractivity contribution in [3.8, 4) is 0 Å². The molecule has 11 nitrogen and oxygen atoms in total. The van der Waals surface area contributed by atoms with Crippen molar-refractivity contribution in [2.45, 2.75) is 13.5 Å². The molecule has 2 N–H and O–H groups in total. The summed E-state index contributed by atoms with van der Waals surface area (Å²) in [5.74, 6) is -1.55. The zero-order valence-electron chi connectivity index (χ0n) is 12.8. The molecule has 12 heteroatoms. The second-order valence-electron chi connectivity index (χ2n) is 5.02. The Morgan fingerprint density at radius 1 is 1.42 bits per heavy atom. The predicted octanol–water partition coefficient (Wildman–Crippen LogP) is 0.227. The number of aromatic nitrogens is 4. The van der Waals surface area contributed by atoms with E-state index in [-0.39, 0.29) is 17.9 Å². The molecule has 0 saturated heterocycles. The largest absolute Gasteiger partial charge is 0.306 e. The number of aryl methyl sites for hydroxylation is 1. The molecule has 2 rings (SSSR count). The lowest BCUT2D eigenvalue weighted by molar-refractivity contribution is -0.385. The lowest BCUT2D eigenvalue weighted by atomic mass is 10.2. The average Bonchev–Trinajstić information content (AvgIpc) is 3.10. The first-order valence-corrected chi connectivity index (χ1v) is 7.82. The van der Waals surface area contributed by atoms with Gasteiger partial charge in [-0.3, -0.25) is 39.9 Å². The van der Waals surface area contributed by atoms with E-state index in [1.54, 1.807) is 20.2 Å². The molecular formula is C12H14IN7O4. The molecule has 128 valence electrons. The highest BCUT2D eigenvalue weighted by molar-refractivity contribution is 14.1. The zero-order valence-corrected chi connectivity index (χ0v) is 14.9. The van der Waals surface area contributed by atoms with Crippen molar-refractivity contribution in [3.05, 3.63) is 38.0 Å². The smallest absolute Gasteiger partial charge is 0.274 e. The monoisotopic (exact) mass is 447 g/mol. The van der Waals surface area contributed by atoms with E-state index in [1.807, 2.05) is 22.6 Å². The Morgan fingerprint density at radius 3 is 2.67 bits per heavy atom. The standard InChI is InChI=1S/C12H14IN7O4/c1-7(4-19-5-8(3-14-19)20(23)24)11(21)15-16-12(22)10-9(13)6-18(2)17-10/h3,5-7H,4H2,1-2H3,(H,15,21)(H,16,22). The van der Waals surface area contributed by atoms with Gasteiger partial charge in [0.2, 0.25) is 5.91 Å². The molecule has 2 aromatic rings. The first kappa shape index (κ1) is 17.8. The van der Waals surface area contributed by atoms with Crippen molar-refractivity contribution < 1.29 is 14.5 Å². The number of nitro groups is 1. The molecule has 0 saturated carbocycles. The van der Waals surface area contributed by atoms with Gasteiger partial charge in [-0.2, -0.15) is 10.2 Å². The zero-order chi connectivity index (χ0) is 17.9. The molecule has 2 aromatic heterocycles. The number of nitrogens with one attached hydrogen (secondary N) is 2. The number of hydrogen-bond donors (Lipinski definition) is 2.